The van der Waals surface area contributed by atoms with E-state index < -0.39 is 10.0 Å². The second kappa shape index (κ2) is 6.72. The summed E-state index contributed by atoms with van der Waals surface area (Å²) in [5, 5.41) is 0. The summed E-state index contributed by atoms with van der Waals surface area (Å²) in [5.74, 6) is 1.28. The Kier molecular flexibility index (Phi) is 4.48. The molecule has 6 heteroatoms. The molecule has 0 aliphatic heterocycles. The van der Waals surface area contributed by atoms with E-state index in [1.165, 1.54) is 0 Å². The lowest BCUT2D eigenvalue weighted by atomic mass is 10.2. The van der Waals surface area contributed by atoms with Gasteiger partial charge in [0.1, 0.15) is 11.5 Å². The Balaban J connectivity index is 1.73. The van der Waals surface area contributed by atoms with Gasteiger partial charge in [-0.2, -0.15) is 0 Å². The van der Waals surface area contributed by atoms with Crippen LogP contribution in [0.4, 0.5) is 5.69 Å². The molecular weight excluding hydrogens is 324 g/mol. The molecule has 0 saturated carbocycles. The number of pyridine rings is 1. The van der Waals surface area contributed by atoms with Gasteiger partial charge in [-0.1, -0.05) is 17.7 Å². The molecule has 0 unspecified atom stereocenters. The summed E-state index contributed by atoms with van der Waals surface area (Å²) in [4.78, 5) is 4.15. The zero-order valence-electron chi connectivity index (χ0n) is 13.0. The van der Waals surface area contributed by atoms with Gasteiger partial charge in [-0.15, -0.1) is 0 Å². The average molecular weight is 340 g/mol. The first kappa shape index (κ1) is 16.0. The maximum Gasteiger partial charge on any atom is 0.261 e. The number of anilines is 1. The lowest BCUT2D eigenvalue weighted by Crippen LogP contribution is -2.12. The Hall–Kier alpha value is -2.86. The highest BCUT2D eigenvalue weighted by Crippen LogP contribution is 2.23. The van der Waals surface area contributed by atoms with Crippen molar-refractivity contribution >= 4 is 15.7 Å². The second-order valence-corrected chi connectivity index (χ2v) is 6.91. The van der Waals surface area contributed by atoms with E-state index in [1.54, 1.807) is 73.1 Å². The van der Waals surface area contributed by atoms with Crippen LogP contribution in [0.3, 0.4) is 0 Å². The fourth-order valence-electron chi connectivity index (χ4n) is 2.06. The molecule has 122 valence electrons. The molecular formula is C18H16N2O3S. The Morgan fingerprint density at radius 1 is 0.833 bits per heavy atom. The van der Waals surface area contributed by atoms with E-state index in [0.717, 1.165) is 5.56 Å². The molecule has 0 saturated heterocycles. The normalized spacial score (nSPS) is 11.0. The lowest BCUT2D eigenvalue weighted by molar-refractivity contribution is 0.482. The van der Waals surface area contributed by atoms with Gasteiger partial charge in [-0.3, -0.25) is 9.71 Å². The van der Waals surface area contributed by atoms with Gasteiger partial charge in [0.25, 0.3) is 10.0 Å². The number of ether oxygens (including phenoxy) is 1. The minimum Gasteiger partial charge on any atom is -0.457 e. The summed E-state index contributed by atoms with van der Waals surface area (Å²) in [5.41, 5.74) is 1.48. The van der Waals surface area contributed by atoms with Crippen molar-refractivity contribution in [3.8, 4) is 11.5 Å². The lowest BCUT2D eigenvalue weighted by Gasteiger charge is -2.10. The molecule has 0 bridgehead atoms. The Morgan fingerprint density at radius 2 is 1.42 bits per heavy atom. The molecule has 0 amide bonds. The number of nitrogens with zero attached hydrogens (tertiary/aromatic N) is 1. The van der Waals surface area contributed by atoms with Crippen LogP contribution in [0, 0.1) is 6.92 Å². The molecule has 0 fully saturated rings. The van der Waals surface area contributed by atoms with Crippen LogP contribution in [0.15, 0.2) is 78.0 Å². The number of sulfonamides is 1. The third kappa shape index (κ3) is 3.91. The molecule has 3 rings (SSSR count). The van der Waals surface area contributed by atoms with Crippen molar-refractivity contribution in [3.63, 3.8) is 0 Å². The first-order valence-corrected chi connectivity index (χ1v) is 8.79. The van der Waals surface area contributed by atoms with E-state index in [0.29, 0.717) is 17.2 Å². The van der Waals surface area contributed by atoms with Crippen LogP contribution in [0.2, 0.25) is 0 Å². The smallest absolute Gasteiger partial charge is 0.261 e. The number of nitrogens with one attached hydrogen (secondary N) is 1. The topological polar surface area (TPSA) is 68.3 Å². The third-order valence-corrected chi connectivity index (χ3v) is 4.72. The molecule has 0 spiro atoms. The van der Waals surface area contributed by atoms with Gasteiger partial charge in [0, 0.05) is 18.1 Å². The van der Waals surface area contributed by atoms with Gasteiger partial charge in [-0.05, 0) is 55.5 Å². The van der Waals surface area contributed by atoms with Crippen LogP contribution in [0.5, 0.6) is 11.5 Å². The molecule has 0 radical (unpaired) electrons. The monoisotopic (exact) mass is 340 g/mol. The quantitative estimate of drug-likeness (QED) is 0.763. The first-order chi connectivity index (χ1) is 11.5. The molecule has 1 N–H and O–H groups in total. The van der Waals surface area contributed by atoms with E-state index in [4.69, 9.17) is 4.74 Å². The van der Waals surface area contributed by atoms with E-state index >= 15 is 0 Å². The fourth-order valence-corrected chi connectivity index (χ4v) is 3.12. The third-order valence-electron chi connectivity index (χ3n) is 3.32. The second-order valence-electron chi connectivity index (χ2n) is 5.23. The zero-order chi connectivity index (χ0) is 17.0. The minimum atomic E-state index is -3.60. The molecule has 24 heavy (non-hydrogen) atoms. The van der Waals surface area contributed by atoms with Crippen LogP contribution < -0.4 is 9.46 Å². The van der Waals surface area contributed by atoms with Crippen molar-refractivity contribution in [1.29, 1.82) is 0 Å². The van der Waals surface area contributed by atoms with Crippen molar-refractivity contribution < 1.29 is 13.2 Å². The standard InChI is InChI=1S/C18H16N2O3S/c1-14-2-8-18(9-3-14)24(21,22)20-15-4-6-16(7-5-15)23-17-10-12-19-13-11-17/h2-13,20H,1H3. The van der Waals surface area contributed by atoms with Gasteiger partial charge in [0.05, 0.1) is 4.90 Å². The van der Waals surface area contributed by atoms with Crippen LogP contribution in [-0.2, 0) is 10.0 Å². The molecule has 1 aromatic heterocycles. The van der Waals surface area contributed by atoms with Gasteiger partial charge in [-0.25, -0.2) is 8.42 Å². The first-order valence-electron chi connectivity index (χ1n) is 7.30. The number of aromatic nitrogens is 1. The highest BCUT2D eigenvalue weighted by Gasteiger charge is 2.13. The number of aryl methyl sites for hydroxylation is 1. The SMILES string of the molecule is Cc1ccc(S(=O)(=O)Nc2ccc(Oc3ccncc3)cc2)cc1. The van der Waals surface area contributed by atoms with Crippen molar-refractivity contribution in [2.24, 2.45) is 0 Å². The van der Waals surface area contributed by atoms with Crippen molar-refractivity contribution in [3.05, 3.63) is 78.6 Å². The predicted molar refractivity (Wildman–Crippen MR) is 92.7 cm³/mol. The molecule has 3 aromatic rings. The number of hydrogen-bond acceptors (Lipinski definition) is 4. The number of benzene rings is 2. The van der Waals surface area contributed by atoms with Crippen LogP contribution in [0.1, 0.15) is 5.56 Å². The fraction of sp³-hybridized carbons (Fsp3) is 0.0556. The Labute approximate surface area is 141 Å². The van der Waals surface area contributed by atoms with E-state index in [1.807, 2.05) is 6.92 Å². The highest BCUT2D eigenvalue weighted by molar-refractivity contribution is 7.92. The summed E-state index contributed by atoms with van der Waals surface area (Å²) in [6.07, 6.45) is 3.28. The maximum atomic E-state index is 12.3. The molecule has 0 atom stereocenters. The van der Waals surface area contributed by atoms with Crippen LogP contribution in [0.25, 0.3) is 0 Å². The number of hydrogen-bond donors (Lipinski definition) is 1. The van der Waals surface area contributed by atoms with Gasteiger partial charge in [0.15, 0.2) is 0 Å². The molecule has 0 aliphatic carbocycles. The summed E-state index contributed by atoms with van der Waals surface area (Å²) < 4.78 is 32.9. The average Bonchev–Trinajstić information content (AvgIpc) is 2.58. The molecule has 1 heterocycles. The van der Waals surface area contributed by atoms with Gasteiger partial charge >= 0.3 is 0 Å². The van der Waals surface area contributed by atoms with Crippen molar-refractivity contribution in [2.45, 2.75) is 11.8 Å². The summed E-state index contributed by atoms with van der Waals surface area (Å²) >= 11 is 0. The Bertz CT molecular complexity index is 907. The maximum absolute atomic E-state index is 12.3. The van der Waals surface area contributed by atoms with Crippen molar-refractivity contribution in [2.75, 3.05) is 4.72 Å². The summed E-state index contributed by atoms with van der Waals surface area (Å²) in [6, 6.07) is 16.9. The predicted octanol–water partition coefficient (Wildman–Crippen LogP) is 3.98. The van der Waals surface area contributed by atoms with E-state index in [-0.39, 0.29) is 4.90 Å². The molecule has 0 aliphatic rings. The van der Waals surface area contributed by atoms with Crippen molar-refractivity contribution in [1.82, 2.24) is 4.98 Å². The van der Waals surface area contributed by atoms with Gasteiger partial charge < -0.3 is 4.74 Å². The number of rotatable bonds is 5. The summed E-state index contributed by atoms with van der Waals surface area (Å²) in [6.45, 7) is 1.91. The molecule has 2 aromatic carbocycles. The minimum absolute atomic E-state index is 0.227. The Morgan fingerprint density at radius 3 is 2.04 bits per heavy atom. The molecule has 5 nitrogen and oxygen atoms in total. The van der Waals surface area contributed by atoms with Crippen LogP contribution in [-0.4, -0.2) is 13.4 Å². The summed E-state index contributed by atoms with van der Waals surface area (Å²) in [7, 11) is -3.60. The van der Waals surface area contributed by atoms with Gasteiger partial charge in [0.2, 0.25) is 0 Å². The zero-order valence-corrected chi connectivity index (χ0v) is 13.8. The van der Waals surface area contributed by atoms with Crippen LogP contribution >= 0.6 is 0 Å². The van der Waals surface area contributed by atoms with E-state index in [2.05, 4.69) is 9.71 Å². The largest absolute Gasteiger partial charge is 0.457 e. The highest BCUT2D eigenvalue weighted by atomic mass is 32.2. The van der Waals surface area contributed by atoms with E-state index in [9.17, 15) is 8.42 Å².